The Morgan fingerprint density at radius 2 is 1.67 bits per heavy atom. The number of nitrogens with one attached hydrogen (secondary N) is 2. The van der Waals surface area contributed by atoms with E-state index in [2.05, 4.69) is 20.4 Å². The highest BCUT2D eigenvalue weighted by Crippen LogP contribution is 2.18. The Kier molecular flexibility index (Phi) is 5.47. The van der Waals surface area contributed by atoms with E-state index in [9.17, 15) is 9.59 Å². The number of nitrogens with zero attached hydrogens (tertiary/aromatic N) is 1. The van der Waals surface area contributed by atoms with Crippen LogP contribution in [0.2, 0.25) is 0 Å². The number of ether oxygens (including phenoxy) is 1. The van der Waals surface area contributed by atoms with Crippen LogP contribution in [0.1, 0.15) is 26.3 Å². The van der Waals surface area contributed by atoms with Crippen molar-refractivity contribution in [2.24, 2.45) is 0 Å². The number of aryl methyl sites for hydroxylation is 1. The number of pyridine rings is 1. The molecule has 1 aromatic heterocycles. The van der Waals surface area contributed by atoms with Crippen molar-refractivity contribution in [3.63, 3.8) is 0 Å². The number of carbonyl (C=O) groups is 2. The van der Waals surface area contributed by atoms with Crippen LogP contribution in [0, 0.1) is 6.92 Å². The van der Waals surface area contributed by atoms with E-state index >= 15 is 0 Å². The maximum absolute atomic E-state index is 12.5. The molecule has 0 spiro atoms. The second kappa shape index (κ2) is 8.14. The zero-order valence-corrected chi connectivity index (χ0v) is 15.0. The van der Waals surface area contributed by atoms with Gasteiger partial charge in [-0.25, -0.2) is 4.79 Å². The van der Waals surface area contributed by atoms with Gasteiger partial charge in [-0.2, -0.15) is 0 Å². The number of hydrogen-bond donors (Lipinski definition) is 2. The Morgan fingerprint density at radius 3 is 2.37 bits per heavy atom. The highest BCUT2D eigenvalue weighted by Gasteiger charge is 2.09. The number of hydrogen-bond acceptors (Lipinski definition) is 5. The van der Waals surface area contributed by atoms with Crippen molar-refractivity contribution in [2.45, 2.75) is 6.92 Å². The van der Waals surface area contributed by atoms with E-state index in [1.165, 1.54) is 13.3 Å². The van der Waals surface area contributed by atoms with E-state index in [4.69, 9.17) is 0 Å². The standard InChI is InChI=1S/C21H19N3O3/c1-14-4-3-5-18(10-14)23-19-11-16(12-22-13-19)20(25)24-17-8-6-15(7-9-17)21(26)27-2/h3-13,23H,1-2H3,(H,24,25). The van der Waals surface area contributed by atoms with Gasteiger partial charge in [0.2, 0.25) is 0 Å². The van der Waals surface area contributed by atoms with Gasteiger partial charge in [-0.1, -0.05) is 12.1 Å². The molecule has 0 atom stereocenters. The topological polar surface area (TPSA) is 80.3 Å². The lowest BCUT2D eigenvalue weighted by molar-refractivity contribution is 0.0600. The summed E-state index contributed by atoms with van der Waals surface area (Å²) in [4.78, 5) is 28.1. The molecule has 0 aliphatic carbocycles. The highest BCUT2D eigenvalue weighted by molar-refractivity contribution is 6.04. The number of benzene rings is 2. The second-order valence-electron chi connectivity index (χ2n) is 5.98. The molecule has 0 radical (unpaired) electrons. The monoisotopic (exact) mass is 361 g/mol. The lowest BCUT2D eigenvalue weighted by atomic mass is 10.2. The van der Waals surface area contributed by atoms with E-state index in [0.717, 1.165) is 11.3 Å². The number of carbonyl (C=O) groups excluding carboxylic acids is 2. The van der Waals surface area contributed by atoms with Gasteiger partial charge >= 0.3 is 5.97 Å². The zero-order chi connectivity index (χ0) is 19.2. The van der Waals surface area contributed by atoms with Crippen LogP contribution in [-0.2, 0) is 4.74 Å². The second-order valence-corrected chi connectivity index (χ2v) is 5.98. The average Bonchev–Trinajstić information content (AvgIpc) is 2.68. The van der Waals surface area contributed by atoms with Gasteiger partial charge in [0, 0.05) is 17.6 Å². The summed E-state index contributed by atoms with van der Waals surface area (Å²) < 4.78 is 4.65. The number of methoxy groups -OCH3 is 1. The van der Waals surface area contributed by atoms with Gasteiger partial charge in [0.25, 0.3) is 5.91 Å². The molecule has 0 saturated carbocycles. The van der Waals surface area contributed by atoms with Crippen LogP contribution in [0.15, 0.2) is 67.0 Å². The van der Waals surface area contributed by atoms with Gasteiger partial charge in [-0.3, -0.25) is 9.78 Å². The summed E-state index contributed by atoms with van der Waals surface area (Å²) in [7, 11) is 1.32. The molecule has 136 valence electrons. The summed E-state index contributed by atoms with van der Waals surface area (Å²) in [5, 5.41) is 6.02. The minimum absolute atomic E-state index is 0.291. The minimum atomic E-state index is -0.424. The third kappa shape index (κ3) is 4.70. The quantitative estimate of drug-likeness (QED) is 0.667. The normalized spacial score (nSPS) is 10.1. The fraction of sp³-hybridized carbons (Fsp3) is 0.0952. The van der Waals surface area contributed by atoms with Gasteiger partial charge in [0.15, 0.2) is 0 Å². The Labute approximate surface area is 157 Å². The highest BCUT2D eigenvalue weighted by atomic mass is 16.5. The largest absolute Gasteiger partial charge is 0.465 e. The Balaban J connectivity index is 1.70. The molecule has 6 heteroatoms. The fourth-order valence-electron chi connectivity index (χ4n) is 2.53. The smallest absolute Gasteiger partial charge is 0.337 e. The molecule has 2 N–H and O–H groups in total. The third-order valence-electron chi connectivity index (χ3n) is 3.87. The van der Waals surface area contributed by atoms with Crippen molar-refractivity contribution in [3.05, 3.63) is 83.7 Å². The van der Waals surface area contributed by atoms with Crippen LogP contribution in [0.25, 0.3) is 0 Å². The number of aromatic nitrogens is 1. The molecule has 3 aromatic rings. The van der Waals surface area contributed by atoms with Crippen LogP contribution >= 0.6 is 0 Å². The Hall–Kier alpha value is -3.67. The number of amides is 1. The van der Waals surface area contributed by atoms with Gasteiger partial charge in [-0.15, -0.1) is 0 Å². The fourth-order valence-corrected chi connectivity index (χ4v) is 2.53. The predicted molar refractivity (Wildman–Crippen MR) is 104 cm³/mol. The Morgan fingerprint density at radius 1 is 0.889 bits per heavy atom. The van der Waals surface area contributed by atoms with Gasteiger partial charge in [0.05, 0.1) is 30.1 Å². The molecule has 0 aliphatic rings. The summed E-state index contributed by atoms with van der Waals surface area (Å²) in [6.07, 6.45) is 3.16. The molecular formula is C21H19N3O3. The maximum atomic E-state index is 12.5. The third-order valence-corrected chi connectivity index (χ3v) is 3.87. The van der Waals surface area contributed by atoms with Gasteiger partial charge in [0.1, 0.15) is 0 Å². The van der Waals surface area contributed by atoms with E-state index in [1.54, 1.807) is 36.5 Å². The van der Waals surface area contributed by atoms with Crippen molar-refractivity contribution in [2.75, 3.05) is 17.7 Å². The summed E-state index contributed by atoms with van der Waals surface area (Å²) in [6.45, 7) is 2.01. The molecule has 0 saturated heterocycles. The van der Waals surface area contributed by atoms with Crippen molar-refractivity contribution in [1.29, 1.82) is 0 Å². The average molecular weight is 361 g/mol. The molecule has 1 amide bonds. The van der Waals surface area contributed by atoms with Crippen molar-refractivity contribution in [1.82, 2.24) is 4.98 Å². The molecule has 0 aliphatic heterocycles. The minimum Gasteiger partial charge on any atom is -0.465 e. The summed E-state index contributed by atoms with van der Waals surface area (Å²) in [6, 6.07) is 16.1. The summed E-state index contributed by atoms with van der Waals surface area (Å²) in [5.74, 6) is -0.715. The number of esters is 1. The molecule has 27 heavy (non-hydrogen) atoms. The van der Waals surface area contributed by atoms with E-state index < -0.39 is 5.97 Å². The van der Waals surface area contributed by atoms with Crippen molar-refractivity contribution < 1.29 is 14.3 Å². The van der Waals surface area contributed by atoms with Gasteiger partial charge in [-0.05, 0) is 55.0 Å². The molecule has 2 aromatic carbocycles. The summed E-state index contributed by atoms with van der Waals surface area (Å²) in [5.41, 5.74) is 4.19. The first-order chi connectivity index (χ1) is 13.0. The van der Waals surface area contributed by atoms with Crippen molar-refractivity contribution >= 4 is 28.9 Å². The van der Waals surface area contributed by atoms with Crippen LogP contribution in [0.3, 0.4) is 0 Å². The SMILES string of the molecule is COC(=O)c1ccc(NC(=O)c2cncc(Nc3cccc(C)c3)c2)cc1. The van der Waals surface area contributed by atoms with E-state index in [1.807, 2.05) is 31.2 Å². The first kappa shape index (κ1) is 18.1. The van der Waals surface area contributed by atoms with E-state index in [0.29, 0.717) is 22.5 Å². The maximum Gasteiger partial charge on any atom is 0.337 e. The lowest BCUT2D eigenvalue weighted by Crippen LogP contribution is -2.12. The first-order valence-corrected chi connectivity index (χ1v) is 8.33. The number of rotatable bonds is 5. The molecule has 3 rings (SSSR count). The van der Waals surface area contributed by atoms with Crippen molar-refractivity contribution in [3.8, 4) is 0 Å². The van der Waals surface area contributed by atoms with Crippen LogP contribution in [0.5, 0.6) is 0 Å². The van der Waals surface area contributed by atoms with Crippen LogP contribution in [-0.4, -0.2) is 24.0 Å². The molecule has 0 unspecified atom stereocenters. The van der Waals surface area contributed by atoms with Gasteiger partial charge < -0.3 is 15.4 Å². The molecule has 1 heterocycles. The van der Waals surface area contributed by atoms with E-state index in [-0.39, 0.29) is 5.91 Å². The first-order valence-electron chi connectivity index (χ1n) is 8.33. The predicted octanol–water partition coefficient (Wildman–Crippen LogP) is 4.17. The number of anilines is 3. The summed E-state index contributed by atoms with van der Waals surface area (Å²) >= 11 is 0. The van der Waals surface area contributed by atoms with Crippen LogP contribution in [0.4, 0.5) is 17.1 Å². The van der Waals surface area contributed by atoms with Crippen LogP contribution < -0.4 is 10.6 Å². The molecule has 6 nitrogen and oxygen atoms in total. The lowest BCUT2D eigenvalue weighted by Gasteiger charge is -2.09. The molecule has 0 fully saturated rings. The molecule has 0 bridgehead atoms. The Bertz CT molecular complexity index is 968. The molecular weight excluding hydrogens is 342 g/mol. The zero-order valence-electron chi connectivity index (χ0n) is 15.0.